The van der Waals surface area contributed by atoms with Crippen LogP contribution in [0.2, 0.25) is 0 Å². The first kappa shape index (κ1) is 11.0. The maximum absolute atomic E-state index is 5.79. The maximum atomic E-state index is 5.79. The van der Waals surface area contributed by atoms with Crippen molar-refractivity contribution in [2.45, 2.75) is 19.2 Å². The molecule has 1 unspecified atom stereocenters. The molecule has 1 N–H and O–H groups in total. The molecule has 0 amide bonds. The summed E-state index contributed by atoms with van der Waals surface area (Å²) in [6, 6.07) is 1.75. The number of rotatable bonds is 5. The van der Waals surface area contributed by atoms with Crippen LogP contribution in [0.4, 0.5) is 5.82 Å². The van der Waals surface area contributed by atoms with Crippen LogP contribution in [0.15, 0.2) is 12.4 Å². The third kappa shape index (κ3) is 3.79. The fourth-order valence-corrected chi connectivity index (χ4v) is 0.985. The maximum Gasteiger partial charge on any atom is 0.218 e. The first-order valence-corrected chi connectivity index (χ1v) is 4.98. The van der Waals surface area contributed by atoms with Crippen molar-refractivity contribution in [3.8, 4) is 5.88 Å². The molecule has 0 aliphatic carbocycles. The smallest absolute Gasteiger partial charge is 0.218 e. The predicted octanol–water partition coefficient (Wildman–Crippen LogP) is 1.91. The number of aromatic nitrogens is 2. The Kier molecular flexibility index (Phi) is 4.46. The molecule has 0 saturated heterocycles. The second-order valence-electron chi connectivity index (χ2n) is 2.84. The van der Waals surface area contributed by atoms with Gasteiger partial charge in [-0.3, -0.25) is 0 Å². The van der Waals surface area contributed by atoms with Crippen molar-refractivity contribution in [2.75, 3.05) is 18.5 Å². The summed E-state index contributed by atoms with van der Waals surface area (Å²) in [6.07, 6.45) is 1.46. The van der Waals surface area contributed by atoms with Crippen LogP contribution in [-0.2, 0) is 0 Å². The molecule has 1 aromatic rings. The number of nitrogens with zero attached hydrogens (tertiary/aromatic N) is 2. The van der Waals surface area contributed by atoms with Gasteiger partial charge in [0.15, 0.2) is 0 Å². The van der Waals surface area contributed by atoms with E-state index in [1.165, 1.54) is 6.33 Å². The van der Waals surface area contributed by atoms with Crippen LogP contribution in [0.3, 0.4) is 0 Å². The zero-order chi connectivity index (χ0) is 10.4. The molecule has 0 fully saturated rings. The highest BCUT2D eigenvalue weighted by molar-refractivity contribution is 6.20. The Morgan fingerprint density at radius 3 is 3.00 bits per heavy atom. The molecular weight excluding hydrogens is 202 g/mol. The second-order valence-corrected chi connectivity index (χ2v) is 3.58. The third-order valence-electron chi connectivity index (χ3n) is 1.50. The van der Waals surface area contributed by atoms with Gasteiger partial charge in [-0.15, -0.1) is 11.6 Å². The Hall–Kier alpha value is -1.03. The SMILES string of the molecule is CCOc1cc(NCC(C)Cl)ncn1. The van der Waals surface area contributed by atoms with Crippen LogP contribution in [0, 0.1) is 0 Å². The molecule has 78 valence electrons. The third-order valence-corrected chi connectivity index (χ3v) is 1.65. The lowest BCUT2D eigenvalue weighted by molar-refractivity contribution is 0.326. The van der Waals surface area contributed by atoms with Crippen LogP contribution in [0.25, 0.3) is 0 Å². The fourth-order valence-electron chi connectivity index (χ4n) is 0.908. The van der Waals surface area contributed by atoms with Crippen molar-refractivity contribution in [1.82, 2.24) is 9.97 Å². The predicted molar refractivity (Wildman–Crippen MR) is 57.0 cm³/mol. The summed E-state index contributed by atoms with van der Waals surface area (Å²) in [6.45, 7) is 5.10. The summed E-state index contributed by atoms with van der Waals surface area (Å²) < 4.78 is 5.23. The highest BCUT2D eigenvalue weighted by atomic mass is 35.5. The van der Waals surface area contributed by atoms with Crippen molar-refractivity contribution in [2.24, 2.45) is 0 Å². The molecule has 14 heavy (non-hydrogen) atoms. The van der Waals surface area contributed by atoms with Gasteiger partial charge in [-0.2, -0.15) is 0 Å². The molecule has 0 aromatic carbocycles. The number of ether oxygens (including phenoxy) is 1. The average molecular weight is 216 g/mol. The minimum absolute atomic E-state index is 0.0699. The second kappa shape index (κ2) is 5.65. The highest BCUT2D eigenvalue weighted by Gasteiger charge is 2.00. The molecule has 0 saturated carbocycles. The normalized spacial score (nSPS) is 12.2. The van der Waals surface area contributed by atoms with Gasteiger partial charge in [0.2, 0.25) is 5.88 Å². The topological polar surface area (TPSA) is 47.0 Å². The summed E-state index contributed by atoms with van der Waals surface area (Å²) in [5, 5.41) is 3.15. The van der Waals surface area contributed by atoms with E-state index in [0.29, 0.717) is 19.0 Å². The number of hydrogen-bond acceptors (Lipinski definition) is 4. The molecule has 5 heteroatoms. The summed E-state index contributed by atoms with van der Waals surface area (Å²) in [4.78, 5) is 7.98. The number of halogens is 1. The molecule has 1 atom stereocenters. The zero-order valence-corrected chi connectivity index (χ0v) is 9.08. The molecule has 0 aliphatic heterocycles. The Labute approximate surface area is 88.7 Å². The monoisotopic (exact) mass is 215 g/mol. The number of nitrogens with one attached hydrogen (secondary N) is 1. The van der Waals surface area contributed by atoms with Crippen molar-refractivity contribution < 1.29 is 4.74 Å². The van der Waals surface area contributed by atoms with Crippen molar-refractivity contribution in [1.29, 1.82) is 0 Å². The zero-order valence-electron chi connectivity index (χ0n) is 8.33. The molecule has 4 nitrogen and oxygen atoms in total. The largest absolute Gasteiger partial charge is 0.478 e. The van der Waals surface area contributed by atoms with Gasteiger partial charge in [-0.25, -0.2) is 9.97 Å². The van der Waals surface area contributed by atoms with Gasteiger partial charge in [-0.1, -0.05) is 0 Å². The summed E-state index contributed by atoms with van der Waals surface area (Å²) in [5.41, 5.74) is 0. The Bertz CT molecular complexity index is 281. The Morgan fingerprint density at radius 2 is 2.36 bits per heavy atom. The Balaban J connectivity index is 2.54. The van der Waals surface area contributed by atoms with E-state index in [0.717, 1.165) is 5.82 Å². The molecule has 1 aromatic heterocycles. The molecular formula is C9H14ClN3O. The van der Waals surface area contributed by atoms with Crippen molar-refractivity contribution in [3.63, 3.8) is 0 Å². The summed E-state index contributed by atoms with van der Waals surface area (Å²) in [5.74, 6) is 1.31. The standard InChI is InChI=1S/C9H14ClN3O/c1-3-14-9-4-8(12-6-13-9)11-5-7(2)10/h4,6-7H,3,5H2,1-2H3,(H,11,12,13). The van der Waals surface area contributed by atoms with Gasteiger partial charge in [0.05, 0.1) is 6.61 Å². The molecule has 0 spiro atoms. The highest BCUT2D eigenvalue weighted by Crippen LogP contribution is 2.10. The van der Waals surface area contributed by atoms with Gasteiger partial charge in [0.25, 0.3) is 0 Å². The van der Waals surface area contributed by atoms with E-state index in [1.54, 1.807) is 6.07 Å². The minimum atomic E-state index is 0.0699. The minimum Gasteiger partial charge on any atom is -0.478 e. The van der Waals surface area contributed by atoms with Gasteiger partial charge in [0.1, 0.15) is 12.1 Å². The van der Waals surface area contributed by atoms with Crippen LogP contribution in [0.5, 0.6) is 5.88 Å². The van der Waals surface area contributed by atoms with E-state index in [1.807, 2.05) is 13.8 Å². The number of alkyl halides is 1. The number of hydrogen-bond donors (Lipinski definition) is 1. The van der Waals surface area contributed by atoms with Gasteiger partial charge in [0, 0.05) is 18.0 Å². The average Bonchev–Trinajstić information content (AvgIpc) is 2.16. The lowest BCUT2D eigenvalue weighted by Gasteiger charge is -2.07. The molecule has 1 heterocycles. The van der Waals surface area contributed by atoms with Crippen LogP contribution >= 0.6 is 11.6 Å². The molecule has 0 radical (unpaired) electrons. The van der Waals surface area contributed by atoms with E-state index in [9.17, 15) is 0 Å². The van der Waals surface area contributed by atoms with E-state index < -0.39 is 0 Å². The van der Waals surface area contributed by atoms with Crippen LogP contribution < -0.4 is 10.1 Å². The lowest BCUT2D eigenvalue weighted by atomic mass is 10.4. The summed E-state index contributed by atoms with van der Waals surface area (Å²) in [7, 11) is 0. The Morgan fingerprint density at radius 1 is 1.57 bits per heavy atom. The molecule has 0 bridgehead atoms. The first-order chi connectivity index (χ1) is 6.72. The van der Waals surface area contributed by atoms with Gasteiger partial charge < -0.3 is 10.1 Å². The van der Waals surface area contributed by atoms with E-state index in [2.05, 4.69) is 15.3 Å². The summed E-state index contributed by atoms with van der Waals surface area (Å²) >= 11 is 5.79. The van der Waals surface area contributed by atoms with Crippen LogP contribution in [-0.4, -0.2) is 28.5 Å². The van der Waals surface area contributed by atoms with E-state index in [-0.39, 0.29) is 5.38 Å². The fraction of sp³-hybridized carbons (Fsp3) is 0.556. The van der Waals surface area contributed by atoms with Crippen molar-refractivity contribution in [3.05, 3.63) is 12.4 Å². The molecule has 1 rings (SSSR count). The van der Waals surface area contributed by atoms with Gasteiger partial charge in [-0.05, 0) is 13.8 Å². The lowest BCUT2D eigenvalue weighted by Crippen LogP contribution is -2.11. The quantitative estimate of drug-likeness (QED) is 0.763. The van der Waals surface area contributed by atoms with Crippen molar-refractivity contribution >= 4 is 17.4 Å². The number of anilines is 1. The van der Waals surface area contributed by atoms with E-state index in [4.69, 9.17) is 16.3 Å². The first-order valence-electron chi connectivity index (χ1n) is 4.55. The van der Waals surface area contributed by atoms with Crippen LogP contribution in [0.1, 0.15) is 13.8 Å². The van der Waals surface area contributed by atoms with E-state index >= 15 is 0 Å². The molecule has 0 aliphatic rings. The van der Waals surface area contributed by atoms with Gasteiger partial charge >= 0.3 is 0 Å².